The van der Waals surface area contributed by atoms with E-state index in [1.54, 1.807) is 71.9 Å². The molecule has 22 heteroatoms. The van der Waals surface area contributed by atoms with Gasteiger partial charge in [0.05, 0.1) is 43.4 Å². The number of amides is 3. The molecule has 2 aliphatic rings. The van der Waals surface area contributed by atoms with Crippen LogP contribution in [0.25, 0.3) is 22.0 Å². The highest BCUT2D eigenvalue weighted by atomic mass is 32.2. The molecule has 0 spiro atoms. The lowest BCUT2D eigenvalue weighted by molar-refractivity contribution is -0.142. The molecule has 1 aliphatic carbocycles. The number of sulfonamides is 1. The normalized spacial score (nSPS) is 14.5. The Morgan fingerprint density at radius 1 is 0.838 bits per heavy atom. The number of hydrogen-bond donors (Lipinski definition) is 6. The van der Waals surface area contributed by atoms with Gasteiger partial charge in [-0.1, -0.05) is 66.7 Å². The van der Waals surface area contributed by atoms with Crippen molar-refractivity contribution in [1.82, 2.24) is 25.2 Å². The van der Waals surface area contributed by atoms with E-state index in [2.05, 4.69) is 49.9 Å². The zero-order valence-electron chi connectivity index (χ0n) is 46.6. The first-order valence-corrected chi connectivity index (χ1v) is 28.0. The minimum Gasteiger partial charge on any atom is -0.487 e. The van der Waals surface area contributed by atoms with Crippen molar-refractivity contribution in [1.29, 1.82) is 0 Å². The van der Waals surface area contributed by atoms with Crippen LogP contribution in [-0.2, 0) is 60.9 Å². The van der Waals surface area contributed by atoms with Crippen molar-refractivity contribution in [3.8, 4) is 16.9 Å². The standard InChI is InChI=1S/C58H73N7O14S/c1-35-36(2)51(37(3)44-32-58(7,8)78-50(35)44)80(72,73)64-54(59)60-23-15-21-46(52(67)63-47(53(68)69)31-39-30-38-16-9-14-22-48(38)65(39)56(71)79-57(4,5)6)62-49(66)34-76-29-28-75-27-26-74-25-24-61-55(70)77-33-45-42-19-12-10-17-40(42)41-18-11-13-20-43(41)45/h9-14,16-20,22,30,45-47H,15,21,23-29,31-34H2,1-8H3,(H,61,70)(H,62,66)(H,63,67)(H,68,69)(H3,59,60,64)/t46-,47-/m0/s1. The Morgan fingerprint density at radius 2 is 1.46 bits per heavy atom. The molecule has 5 aromatic rings. The molecule has 0 unspecified atom stereocenters. The lowest BCUT2D eigenvalue weighted by Gasteiger charge is -2.23. The van der Waals surface area contributed by atoms with Gasteiger partial charge < -0.3 is 55.2 Å². The summed E-state index contributed by atoms with van der Waals surface area (Å²) in [5.41, 5.74) is 12.5. The van der Waals surface area contributed by atoms with Crippen molar-refractivity contribution in [2.45, 2.75) is 115 Å². The molecule has 1 aromatic heterocycles. The molecule has 80 heavy (non-hydrogen) atoms. The van der Waals surface area contributed by atoms with Crippen LogP contribution < -0.4 is 31.1 Å². The van der Waals surface area contributed by atoms with Crippen LogP contribution in [0.1, 0.15) is 92.5 Å². The van der Waals surface area contributed by atoms with Gasteiger partial charge in [-0.25, -0.2) is 32.1 Å². The predicted molar refractivity (Wildman–Crippen MR) is 299 cm³/mol. The molecule has 0 saturated carbocycles. The second-order valence-corrected chi connectivity index (χ2v) is 22.9. The molecule has 3 amide bonds. The Kier molecular flexibility index (Phi) is 19.7. The van der Waals surface area contributed by atoms with Gasteiger partial charge in [0, 0.05) is 48.5 Å². The number of carbonyl (C=O) groups excluding carboxylic acids is 4. The van der Waals surface area contributed by atoms with Gasteiger partial charge >= 0.3 is 18.2 Å². The van der Waals surface area contributed by atoms with Crippen molar-refractivity contribution in [3.05, 3.63) is 118 Å². The van der Waals surface area contributed by atoms with Gasteiger partial charge in [0.1, 0.15) is 42.2 Å². The number of hydrogen-bond acceptors (Lipinski definition) is 14. The van der Waals surface area contributed by atoms with Crippen molar-refractivity contribution in [3.63, 3.8) is 0 Å². The largest absolute Gasteiger partial charge is 0.487 e. The quantitative estimate of drug-likeness (QED) is 0.0212. The third kappa shape index (κ3) is 15.2. The maximum absolute atomic E-state index is 14.0. The van der Waals surface area contributed by atoms with Gasteiger partial charge in [0.15, 0.2) is 0 Å². The molecule has 0 bridgehead atoms. The number of fused-ring (bicyclic) bond motifs is 5. The van der Waals surface area contributed by atoms with E-state index in [-0.39, 0.29) is 88.5 Å². The summed E-state index contributed by atoms with van der Waals surface area (Å²) in [4.78, 5) is 70.4. The molecule has 0 saturated heterocycles. The molecule has 0 fully saturated rings. The molecule has 7 rings (SSSR count). The Morgan fingerprint density at radius 3 is 2.12 bits per heavy atom. The molecule has 4 aromatic carbocycles. The Bertz CT molecular complexity index is 3190. The summed E-state index contributed by atoms with van der Waals surface area (Å²) in [7, 11) is -4.21. The van der Waals surface area contributed by atoms with Gasteiger partial charge in [-0.2, -0.15) is 0 Å². The van der Waals surface area contributed by atoms with Crippen LogP contribution in [0.4, 0.5) is 9.59 Å². The van der Waals surface area contributed by atoms with Gasteiger partial charge in [-0.3, -0.25) is 14.6 Å². The van der Waals surface area contributed by atoms with Crippen LogP contribution in [-0.4, -0.2) is 137 Å². The van der Waals surface area contributed by atoms with Crippen molar-refractivity contribution >= 4 is 56.9 Å². The number of ether oxygens (including phenoxy) is 6. The van der Waals surface area contributed by atoms with E-state index in [0.717, 1.165) is 27.8 Å². The number of nitrogens with zero attached hydrogens (tertiary/aromatic N) is 2. The third-order valence-corrected chi connectivity index (χ3v) is 15.2. The smallest absolute Gasteiger partial charge is 0.419 e. The van der Waals surface area contributed by atoms with Crippen LogP contribution in [0.15, 0.2) is 88.8 Å². The van der Waals surface area contributed by atoms with E-state index in [4.69, 9.17) is 34.2 Å². The number of nitrogens with two attached hydrogens (primary N) is 1. The molecule has 1 aliphatic heterocycles. The molecule has 2 heterocycles. The number of nitrogens with one attached hydrogen (secondary N) is 4. The third-order valence-electron chi connectivity index (χ3n) is 13.6. The summed E-state index contributed by atoms with van der Waals surface area (Å²) >= 11 is 0. The van der Waals surface area contributed by atoms with Gasteiger partial charge in [0.25, 0.3) is 10.0 Å². The highest BCUT2D eigenvalue weighted by Gasteiger charge is 2.37. The zero-order chi connectivity index (χ0) is 57.9. The number of carboxylic acid groups (broad SMARTS) is 1. The van der Waals surface area contributed by atoms with Crippen LogP contribution in [0.3, 0.4) is 0 Å². The first-order chi connectivity index (χ1) is 37.9. The fraction of sp³-hybridized carbons (Fsp3) is 0.448. The molecule has 2 atom stereocenters. The number of aliphatic imine (C=N–C) groups is 1. The monoisotopic (exact) mass is 1120 g/mol. The highest BCUT2D eigenvalue weighted by molar-refractivity contribution is 7.90. The molecular weight excluding hydrogens is 1050 g/mol. The summed E-state index contributed by atoms with van der Waals surface area (Å²) in [6, 6.07) is 21.9. The molecule has 7 N–H and O–H groups in total. The minimum absolute atomic E-state index is 0.0000962. The van der Waals surface area contributed by atoms with Crippen LogP contribution in [0.2, 0.25) is 0 Å². The number of alkyl carbamates (subject to hydrolysis) is 1. The summed E-state index contributed by atoms with van der Waals surface area (Å²) in [5.74, 6) is -2.75. The lowest BCUT2D eigenvalue weighted by Crippen LogP contribution is -2.53. The number of carboxylic acids is 1. The maximum Gasteiger partial charge on any atom is 0.419 e. The topological polar surface area (TPSA) is 287 Å². The molecule has 21 nitrogen and oxygen atoms in total. The Balaban J connectivity index is 0.893. The number of aliphatic carboxylic acids is 1. The number of benzene rings is 4. The summed E-state index contributed by atoms with van der Waals surface area (Å²) < 4.78 is 65.2. The van der Waals surface area contributed by atoms with Gasteiger partial charge in [-0.05, 0) is 119 Å². The van der Waals surface area contributed by atoms with E-state index >= 15 is 0 Å². The van der Waals surface area contributed by atoms with E-state index in [1.165, 1.54) is 4.57 Å². The SMILES string of the molecule is Cc1c(C)c(S(=O)(=O)NC(N)=NCCC[C@H](NC(=O)COCCOCCOCCNC(=O)OCC2c3ccccc3-c3ccccc32)C(=O)N[C@@H](Cc2cc3ccccc3n2C(=O)OC(C)(C)C)C(=O)O)c(C)c2c1OC(C)(C)C2. The maximum atomic E-state index is 14.0. The van der Waals surface area contributed by atoms with E-state index in [1.807, 2.05) is 38.1 Å². The summed E-state index contributed by atoms with van der Waals surface area (Å²) in [5, 5.41) is 18.9. The minimum atomic E-state index is -4.21. The number of aromatic nitrogens is 1. The van der Waals surface area contributed by atoms with Crippen molar-refractivity contribution < 1.29 is 65.9 Å². The van der Waals surface area contributed by atoms with Gasteiger partial charge in [0.2, 0.25) is 17.8 Å². The highest BCUT2D eigenvalue weighted by Crippen LogP contribution is 2.45. The number of rotatable bonds is 25. The lowest BCUT2D eigenvalue weighted by atomic mass is 9.94. The van der Waals surface area contributed by atoms with Crippen LogP contribution in [0.5, 0.6) is 5.75 Å². The summed E-state index contributed by atoms with van der Waals surface area (Å²) in [6.07, 6.45) is -1.12. The number of guanidine groups is 1. The molecule has 430 valence electrons. The summed E-state index contributed by atoms with van der Waals surface area (Å²) in [6.45, 7) is 14.8. The fourth-order valence-corrected chi connectivity index (χ4v) is 11.4. The van der Waals surface area contributed by atoms with Crippen LogP contribution in [0, 0.1) is 20.8 Å². The zero-order valence-corrected chi connectivity index (χ0v) is 47.4. The van der Waals surface area contributed by atoms with Crippen molar-refractivity contribution in [2.24, 2.45) is 10.7 Å². The first-order valence-electron chi connectivity index (χ1n) is 26.6. The van der Waals surface area contributed by atoms with E-state index in [9.17, 15) is 37.5 Å². The Labute approximate surface area is 466 Å². The second-order valence-electron chi connectivity index (χ2n) is 21.3. The van der Waals surface area contributed by atoms with Crippen molar-refractivity contribution in [2.75, 3.05) is 59.3 Å². The Hall–Kier alpha value is -7.53. The molecular formula is C58H73N7O14S. The van der Waals surface area contributed by atoms with Crippen LogP contribution >= 0.6 is 0 Å². The first kappa shape index (κ1) is 60.1. The average molecular weight is 1120 g/mol. The van der Waals surface area contributed by atoms with Gasteiger partial charge in [-0.15, -0.1) is 0 Å². The number of para-hydroxylation sites is 1. The average Bonchev–Trinajstić information content (AvgIpc) is 4.05. The van der Waals surface area contributed by atoms with E-state index < -0.39 is 75.8 Å². The fourth-order valence-electron chi connectivity index (χ4n) is 9.91. The predicted octanol–water partition coefficient (Wildman–Crippen LogP) is 6.32. The van der Waals surface area contributed by atoms with E-state index in [0.29, 0.717) is 39.8 Å². The molecule has 0 radical (unpaired) electrons. The second kappa shape index (κ2) is 26.2. The number of carbonyl (C=O) groups is 5.